The third-order valence-corrected chi connectivity index (χ3v) is 16.6. The number of nitrogens with one attached hydrogen (secondary N) is 2. The Morgan fingerprint density at radius 2 is 1.25 bits per heavy atom. The smallest absolute Gasteiger partial charge is 0.258 e. The van der Waals surface area contributed by atoms with Gasteiger partial charge < -0.3 is 35.0 Å². The molecule has 5 aliphatic rings. The summed E-state index contributed by atoms with van der Waals surface area (Å²) < 4.78 is 43.9. The quantitative estimate of drug-likeness (QED) is 0.0809. The lowest BCUT2D eigenvalue weighted by Crippen LogP contribution is -2.53. The maximum absolute atomic E-state index is 13.7. The number of alkyl halides is 2. The van der Waals surface area contributed by atoms with E-state index >= 15 is 0 Å². The van der Waals surface area contributed by atoms with Crippen LogP contribution in [0.2, 0.25) is 0 Å². The lowest BCUT2D eigenvalue weighted by atomic mass is 9.85. The van der Waals surface area contributed by atoms with Crippen molar-refractivity contribution in [1.29, 1.82) is 0 Å². The van der Waals surface area contributed by atoms with Gasteiger partial charge in [-0.2, -0.15) is 0 Å². The molecule has 390 valence electrons. The van der Waals surface area contributed by atoms with Crippen LogP contribution < -0.4 is 10.6 Å². The van der Waals surface area contributed by atoms with Crippen LogP contribution in [0.5, 0.6) is 0 Å². The molecule has 2 aliphatic heterocycles. The maximum Gasteiger partial charge on any atom is 0.258 e. The predicted molar refractivity (Wildman–Crippen MR) is 281 cm³/mol. The van der Waals surface area contributed by atoms with Gasteiger partial charge in [0.05, 0.1) is 53.8 Å². The van der Waals surface area contributed by atoms with Gasteiger partial charge in [-0.1, -0.05) is 48.5 Å². The summed E-state index contributed by atoms with van der Waals surface area (Å²) in [6.45, 7) is 10.8. The van der Waals surface area contributed by atoms with Crippen LogP contribution in [0, 0.1) is 0 Å². The molecule has 2 saturated heterocycles. The molecular formula is C56H74F2N12O3. The van der Waals surface area contributed by atoms with Crippen molar-refractivity contribution in [2.75, 3.05) is 84.3 Å². The van der Waals surface area contributed by atoms with Gasteiger partial charge in [0.25, 0.3) is 6.43 Å². The van der Waals surface area contributed by atoms with Crippen molar-refractivity contribution in [2.45, 2.75) is 132 Å². The Kier molecular flexibility index (Phi) is 14.8. The van der Waals surface area contributed by atoms with Crippen molar-refractivity contribution < 1.29 is 23.4 Å². The van der Waals surface area contributed by atoms with Gasteiger partial charge in [-0.15, -0.1) is 10.2 Å². The number of piperazine rings is 2. The number of methoxy groups -OCH3 is 1. The molecule has 17 heteroatoms. The van der Waals surface area contributed by atoms with Crippen LogP contribution in [0.4, 0.5) is 20.7 Å². The Morgan fingerprint density at radius 3 is 1.82 bits per heavy atom. The minimum Gasteiger partial charge on any atom is -0.393 e. The number of hydrogen-bond acceptors (Lipinski definition) is 13. The number of fused-ring (bicyclic) bond motifs is 2. The van der Waals surface area contributed by atoms with Crippen molar-refractivity contribution in [1.82, 2.24) is 48.8 Å². The molecule has 11 rings (SSSR count). The van der Waals surface area contributed by atoms with Gasteiger partial charge >= 0.3 is 0 Å². The number of nitrogens with zero attached hydrogens (tertiary/aromatic N) is 10. The summed E-state index contributed by atoms with van der Waals surface area (Å²) in [6.07, 6.45) is 10.3. The molecule has 0 bridgehead atoms. The number of halogens is 2. The van der Waals surface area contributed by atoms with E-state index < -0.39 is 12.5 Å². The fourth-order valence-corrected chi connectivity index (χ4v) is 11.8. The summed E-state index contributed by atoms with van der Waals surface area (Å²) in [7, 11) is 6.10. The first-order valence-electron chi connectivity index (χ1n) is 26.9. The Bertz CT molecular complexity index is 2800. The van der Waals surface area contributed by atoms with Crippen molar-refractivity contribution in [3.8, 4) is 22.3 Å². The molecular weight excluding hydrogens is 927 g/mol. The highest BCUT2D eigenvalue weighted by atomic mass is 19.3. The molecule has 4 aromatic heterocycles. The van der Waals surface area contributed by atoms with Crippen molar-refractivity contribution >= 4 is 22.9 Å². The van der Waals surface area contributed by atoms with Crippen LogP contribution in [-0.2, 0) is 22.6 Å². The first-order valence-corrected chi connectivity index (χ1v) is 26.9. The second-order valence-electron chi connectivity index (χ2n) is 22.1. The van der Waals surface area contributed by atoms with E-state index in [1.165, 1.54) is 23.7 Å². The molecule has 3 saturated carbocycles. The lowest BCUT2D eigenvalue weighted by Gasteiger charge is -2.42. The van der Waals surface area contributed by atoms with E-state index in [4.69, 9.17) is 24.7 Å². The number of aromatic nitrogens is 6. The monoisotopic (exact) mass is 1000 g/mol. The number of hydrogen-bond donors (Lipinski definition) is 3. The maximum atomic E-state index is 13.7. The molecule has 5 fully saturated rings. The van der Waals surface area contributed by atoms with Gasteiger partial charge in [0.2, 0.25) is 11.9 Å². The minimum absolute atomic E-state index is 0.0382. The summed E-state index contributed by atoms with van der Waals surface area (Å²) >= 11 is 0. The lowest BCUT2D eigenvalue weighted by molar-refractivity contribution is -0.140. The predicted octanol–water partition coefficient (Wildman–Crippen LogP) is 8.34. The SMILES string of the molecule is COCC1(Nc2ncc3c(-c4ccc(CN5CCN(C)CC5O[C@H]5CC[C@H](c6cc(-c7ccc(CN8CCN(C)CC8)cc7)c7cnc(NC(C)C(F)F)nn76)CC5)cc4)cc([C@H]4CC[C@H](O)CC4)n3n2)CC1. The highest BCUT2D eigenvalue weighted by Gasteiger charge is 2.44. The van der Waals surface area contributed by atoms with Gasteiger partial charge in [-0.3, -0.25) is 9.80 Å². The van der Waals surface area contributed by atoms with Gasteiger partial charge in [0, 0.05) is 100 Å². The number of ether oxygens (including phenoxy) is 2. The molecule has 6 aromatic rings. The zero-order valence-corrected chi connectivity index (χ0v) is 43.1. The van der Waals surface area contributed by atoms with Crippen LogP contribution in [0.25, 0.3) is 33.3 Å². The molecule has 15 nitrogen and oxygen atoms in total. The van der Waals surface area contributed by atoms with Gasteiger partial charge in [-0.25, -0.2) is 27.8 Å². The van der Waals surface area contributed by atoms with E-state index in [1.807, 2.05) is 10.7 Å². The molecule has 0 spiro atoms. The Hall–Kier alpha value is -5.14. The largest absolute Gasteiger partial charge is 0.393 e. The average Bonchev–Trinajstić information content (AvgIpc) is 3.89. The summed E-state index contributed by atoms with van der Waals surface area (Å²) in [6, 6.07) is 21.3. The first-order chi connectivity index (χ1) is 35.5. The molecule has 2 aromatic carbocycles. The third-order valence-electron chi connectivity index (χ3n) is 16.6. The van der Waals surface area contributed by atoms with E-state index in [0.29, 0.717) is 18.5 Å². The molecule has 2 atom stereocenters. The van der Waals surface area contributed by atoms with E-state index in [-0.39, 0.29) is 35.8 Å². The second kappa shape index (κ2) is 21.6. The molecule has 3 N–H and O–H groups in total. The number of rotatable bonds is 17. The number of aliphatic hydroxyl groups excluding tert-OH is 1. The van der Waals surface area contributed by atoms with Crippen LogP contribution in [0.15, 0.2) is 73.1 Å². The van der Waals surface area contributed by atoms with Crippen molar-refractivity contribution in [3.63, 3.8) is 0 Å². The second-order valence-corrected chi connectivity index (χ2v) is 22.1. The summed E-state index contributed by atoms with van der Waals surface area (Å²) in [5, 5.41) is 26.7. The van der Waals surface area contributed by atoms with E-state index in [0.717, 1.165) is 162 Å². The zero-order valence-electron chi connectivity index (χ0n) is 43.1. The highest BCUT2D eigenvalue weighted by molar-refractivity contribution is 5.82. The molecule has 2 unspecified atom stereocenters. The Labute approximate surface area is 428 Å². The topological polar surface area (TPSA) is 136 Å². The normalized spacial score (nSPS) is 24.9. The minimum atomic E-state index is -2.54. The van der Waals surface area contributed by atoms with Crippen LogP contribution in [0.1, 0.15) is 105 Å². The van der Waals surface area contributed by atoms with Crippen LogP contribution >= 0.6 is 0 Å². The molecule has 0 radical (unpaired) electrons. The van der Waals surface area contributed by atoms with Crippen molar-refractivity contribution in [2.24, 2.45) is 0 Å². The van der Waals surface area contributed by atoms with Crippen molar-refractivity contribution in [3.05, 3.63) is 95.6 Å². The van der Waals surface area contributed by atoms with Crippen LogP contribution in [-0.4, -0.2) is 164 Å². The van der Waals surface area contributed by atoms with Gasteiger partial charge in [-0.05, 0) is 120 Å². The molecule has 0 amide bonds. The summed E-state index contributed by atoms with van der Waals surface area (Å²) in [5.41, 5.74) is 11.0. The Balaban J connectivity index is 0.771. The summed E-state index contributed by atoms with van der Waals surface area (Å²) in [5.74, 6) is 1.36. The molecule has 6 heterocycles. The Morgan fingerprint density at radius 1 is 0.699 bits per heavy atom. The number of aliphatic hydroxyl groups is 1. The fraction of sp³-hybridized carbons (Fsp3) is 0.571. The standard InChI is InChI=1S/C56H74F2N12O3/c1-37(53(57)58)61-54-59-31-50-46(40-9-5-38(6-10-40)33-67-26-23-65(2)24-27-67)30-49(69(50)63-54)43-15-19-45(20-16-43)73-52-35-66(3)25-28-68(52)34-39-7-11-41(12-8-39)47-29-48(42-13-17-44(71)18-14-42)70-51(47)32-60-55(64-70)62-56(21-22-56)36-72-4/h5-12,29-32,37,42-45,52-53,71H,13-28,33-36H2,1-4H3,(H,61,63)(H,62,64)/t37?,42-,43-,44-,45-,52?. The molecule has 3 aliphatic carbocycles. The van der Waals surface area contributed by atoms with Crippen LogP contribution in [0.3, 0.4) is 0 Å². The first kappa shape index (κ1) is 50.0. The van der Waals surface area contributed by atoms with E-state index in [9.17, 15) is 13.9 Å². The number of benzene rings is 2. The van der Waals surface area contributed by atoms with Gasteiger partial charge in [0.1, 0.15) is 6.23 Å². The average molecular weight is 1000 g/mol. The zero-order chi connectivity index (χ0) is 50.2. The summed E-state index contributed by atoms with van der Waals surface area (Å²) in [4.78, 5) is 19.1. The van der Waals surface area contributed by atoms with Gasteiger partial charge in [0.15, 0.2) is 0 Å². The fourth-order valence-electron chi connectivity index (χ4n) is 11.8. The van der Waals surface area contributed by atoms with E-state index in [1.54, 1.807) is 13.3 Å². The number of anilines is 2. The molecule has 73 heavy (non-hydrogen) atoms. The third kappa shape index (κ3) is 11.3. The van der Waals surface area contributed by atoms with E-state index in [2.05, 4.69) is 114 Å². The highest BCUT2D eigenvalue weighted by Crippen LogP contribution is 2.42. The number of likely N-dealkylation sites (N-methyl/N-ethyl adjacent to an activating group) is 2.